The molecule has 0 bridgehead atoms. The van der Waals surface area contributed by atoms with E-state index in [1.54, 1.807) is 31.4 Å². The fourth-order valence-corrected chi connectivity index (χ4v) is 3.39. The minimum Gasteiger partial charge on any atom is -0.497 e. The summed E-state index contributed by atoms with van der Waals surface area (Å²) >= 11 is 0. The first-order valence-corrected chi connectivity index (χ1v) is 9.53. The third kappa shape index (κ3) is 4.70. The molecule has 2 aromatic rings. The Morgan fingerprint density at radius 2 is 1.71 bits per heavy atom. The number of piperazine rings is 1. The summed E-state index contributed by atoms with van der Waals surface area (Å²) in [7, 11) is 1.66. The number of carbonyl (C=O) groups excluding carboxylic acids is 2. The summed E-state index contributed by atoms with van der Waals surface area (Å²) in [5.74, 6) is 0.777. The Balaban J connectivity index is 1.55. The molecule has 3 rings (SSSR count). The van der Waals surface area contributed by atoms with E-state index < -0.39 is 0 Å². The van der Waals surface area contributed by atoms with Gasteiger partial charge in [0, 0.05) is 43.1 Å². The van der Waals surface area contributed by atoms with Crippen molar-refractivity contribution in [2.75, 3.05) is 43.5 Å². The second-order valence-corrected chi connectivity index (χ2v) is 7.02. The van der Waals surface area contributed by atoms with Gasteiger partial charge in [-0.05, 0) is 50.2 Å². The molecule has 0 aromatic heterocycles. The van der Waals surface area contributed by atoms with Crippen LogP contribution in [0.2, 0.25) is 0 Å². The summed E-state index contributed by atoms with van der Waals surface area (Å²) in [6.07, 6.45) is 0. The van der Waals surface area contributed by atoms with E-state index in [9.17, 15) is 9.59 Å². The Bertz CT molecular complexity index is 827. The van der Waals surface area contributed by atoms with E-state index in [-0.39, 0.29) is 17.7 Å². The Morgan fingerprint density at radius 1 is 1.04 bits per heavy atom. The standard InChI is InChI=1S/C22H27N3O3/c1-16(22(27)23-19-6-4-5-18(15-19)17(2)26)24-11-13-25(14-12-24)20-7-9-21(28-3)10-8-20/h4-10,15-16H,11-14H2,1-3H3,(H,23,27)/t16-/m1/s1. The number of anilines is 2. The highest BCUT2D eigenvalue weighted by molar-refractivity contribution is 5.98. The van der Waals surface area contributed by atoms with Crippen molar-refractivity contribution in [2.45, 2.75) is 19.9 Å². The second-order valence-electron chi connectivity index (χ2n) is 7.02. The van der Waals surface area contributed by atoms with E-state index >= 15 is 0 Å². The van der Waals surface area contributed by atoms with Gasteiger partial charge < -0.3 is 15.0 Å². The molecular formula is C22H27N3O3. The fourth-order valence-electron chi connectivity index (χ4n) is 3.39. The van der Waals surface area contributed by atoms with Gasteiger partial charge in [0.05, 0.1) is 13.2 Å². The van der Waals surface area contributed by atoms with Gasteiger partial charge in [-0.2, -0.15) is 0 Å². The van der Waals surface area contributed by atoms with Gasteiger partial charge in [-0.1, -0.05) is 12.1 Å². The maximum atomic E-state index is 12.6. The maximum Gasteiger partial charge on any atom is 0.241 e. The molecule has 1 amide bonds. The highest BCUT2D eigenvalue weighted by Crippen LogP contribution is 2.21. The van der Waals surface area contributed by atoms with Gasteiger partial charge in [0.15, 0.2) is 5.78 Å². The minimum atomic E-state index is -0.237. The quantitative estimate of drug-likeness (QED) is 0.780. The van der Waals surface area contributed by atoms with Crippen LogP contribution in [0.3, 0.4) is 0 Å². The Hall–Kier alpha value is -2.86. The van der Waals surface area contributed by atoms with E-state index in [1.807, 2.05) is 19.1 Å². The highest BCUT2D eigenvalue weighted by Gasteiger charge is 2.25. The first-order valence-electron chi connectivity index (χ1n) is 9.53. The van der Waals surface area contributed by atoms with E-state index in [2.05, 4.69) is 27.2 Å². The summed E-state index contributed by atoms with van der Waals surface area (Å²) in [6.45, 7) is 6.80. The lowest BCUT2D eigenvalue weighted by molar-refractivity contribution is -0.120. The second kappa shape index (κ2) is 8.89. The zero-order valence-electron chi connectivity index (χ0n) is 16.6. The number of rotatable bonds is 6. The topological polar surface area (TPSA) is 61.9 Å². The van der Waals surface area contributed by atoms with E-state index in [0.29, 0.717) is 11.3 Å². The van der Waals surface area contributed by atoms with Crippen LogP contribution in [0.15, 0.2) is 48.5 Å². The first kappa shape index (κ1) is 19.9. The van der Waals surface area contributed by atoms with Crippen molar-refractivity contribution in [2.24, 2.45) is 0 Å². The van der Waals surface area contributed by atoms with Gasteiger partial charge in [0.2, 0.25) is 5.91 Å². The van der Waals surface area contributed by atoms with Gasteiger partial charge in [0.1, 0.15) is 5.75 Å². The zero-order chi connectivity index (χ0) is 20.1. The molecule has 0 radical (unpaired) electrons. The molecule has 28 heavy (non-hydrogen) atoms. The molecule has 0 aliphatic carbocycles. The number of Topliss-reactive ketones (excluding diaryl/α,β-unsaturated/α-hetero) is 1. The molecule has 1 fully saturated rings. The molecule has 1 N–H and O–H groups in total. The number of nitrogens with one attached hydrogen (secondary N) is 1. The van der Waals surface area contributed by atoms with Crippen LogP contribution >= 0.6 is 0 Å². The molecule has 0 saturated carbocycles. The summed E-state index contributed by atoms with van der Waals surface area (Å²) in [5, 5.41) is 2.93. The SMILES string of the molecule is COc1ccc(N2CCN([C@H](C)C(=O)Nc3cccc(C(C)=O)c3)CC2)cc1. The predicted molar refractivity (Wildman–Crippen MR) is 111 cm³/mol. The molecule has 6 heteroatoms. The number of nitrogens with zero attached hydrogens (tertiary/aromatic N) is 2. The monoisotopic (exact) mass is 381 g/mol. The molecule has 0 spiro atoms. The lowest BCUT2D eigenvalue weighted by Gasteiger charge is -2.38. The van der Waals surface area contributed by atoms with Crippen molar-refractivity contribution in [1.82, 2.24) is 4.90 Å². The zero-order valence-corrected chi connectivity index (χ0v) is 16.6. The Labute approximate surface area is 166 Å². The Kier molecular flexibility index (Phi) is 6.31. The van der Waals surface area contributed by atoms with Crippen LogP contribution in [0, 0.1) is 0 Å². The molecule has 2 aromatic carbocycles. The normalized spacial score (nSPS) is 15.8. The third-order valence-corrected chi connectivity index (χ3v) is 5.22. The summed E-state index contributed by atoms with van der Waals surface area (Å²) < 4.78 is 5.21. The number of ether oxygens (including phenoxy) is 1. The van der Waals surface area contributed by atoms with Crippen LogP contribution in [-0.2, 0) is 4.79 Å². The number of methoxy groups -OCH3 is 1. The van der Waals surface area contributed by atoms with Crippen molar-refractivity contribution >= 4 is 23.1 Å². The van der Waals surface area contributed by atoms with Crippen LogP contribution in [0.5, 0.6) is 5.75 Å². The van der Waals surface area contributed by atoms with Gasteiger partial charge in [-0.25, -0.2) is 0 Å². The molecule has 1 heterocycles. The summed E-state index contributed by atoms with van der Waals surface area (Å²) in [4.78, 5) is 28.7. The largest absolute Gasteiger partial charge is 0.497 e. The van der Waals surface area contributed by atoms with Crippen molar-refractivity contribution in [3.8, 4) is 5.75 Å². The van der Waals surface area contributed by atoms with Crippen LogP contribution in [0.4, 0.5) is 11.4 Å². The van der Waals surface area contributed by atoms with Crippen molar-refractivity contribution in [3.63, 3.8) is 0 Å². The molecule has 1 aliphatic heterocycles. The van der Waals surface area contributed by atoms with Gasteiger partial charge in [-0.15, -0.1) is 0 Å². The van der Waals surface area contributed by atoms with Gasteiger partial charge >= 0.3 is 0 Å². The number of hydrogen-bond acceptors (Lipinski definition) is 5. The number of benzene rings is 2. The number of amides is 1. The van der Waals surface area contributed by atoms with Crippen LogP contribution < -0.4 is 15.0 Å². The predicted octanol–water partition coefficient (Wildman–Crippen LogP) is 3.05. The van der Waals surface area contributed by atoms with Crippen molar-refractivity contribution < 1.29 is 14.3 Å². The van der Waals surface area contributed by atoms with Crippen LogP contribution in [-0.4, -0.2) is 55.9 Å². The number of ketones is 1. The average molecular weight is 381 g/mol. The maximum absolute atomic E-state index is 12.6. The molecule has 1 saturated heterocycles. The van der Waals surface area contributed by atoms with Gasteiger partial charge in [0.25, 0.3) is 0 Å². The van der Waals surface area contributed by atoms with Crippen LogP contribution in [0.25, 0.3) is 0 Å². The molecule has 0 unspecified atom stereocenters. The van der Waals surface area contributed by atoms with Crippen molar-refractivity contribution in [3.05, 3.63) is 54.1 Å². The molecule has 148 valence electrons. The molecule has 1 aliphatic rings. The Morgan fingerprint density at radius 3 is 2.32 bits per heavy atom. The molecular weight excluding hydrogens is 354 g/mol. The smallest absolute Gasteiger partial charge is 0.241 e. The molecule has 1 atom stereocenters. The van der Waals surface area contributed by atoms with Crippen LogP contribution in [0.1, 0.15) is 24.2 Å². The van der Waals surface area contributed by atoms with E-state index in [0.717, 1.165) is 31.9 Å². The van der Waals surface area contributed by atoms with E-state index in [1.165, 1.54) is 12.6 Å². The average Bonchev–Trinajstić information content (AvgIpc) is 2.73. The van der Waals surface area contributed by atoms with Gasteiger partial charge in [-0.3, -0.25) is 14.5 Å². The summed E-state index contributed by atoms with van der Waals surface area (Å²) in [6, 6.07) is 14.9. The lowest BCUT2D eigenvalue weighted by Crippen LogP contribution is -2.52. The fraction of sp³-hybridized carbons (Fsp3) is 0.364. The third-order valence-electron chi connectivity index (χ3n) is 5.22. The molecule has 6 nitrogen and oxygen atoms in total. The first-order chi connectivity index (χ1) is 13.5. The van der Waals surface area contributed by atoms with Crippen molar-refractivity contribution in [1.29, 1.82) is 0 Å². The minimum absolute atomic E-state index is 0.0150. The summed E-state index contributed by atoms with van der Waals surface area (Å²) in [5.41, 5.74) is 2.42. The van der Waals surface area contributed by atoms with E-state index in [4.69, 9.17) is 4.74 Å². The lowest BCUT2D eigenvalue weighted by atomic mass is 10.1. The number of hydrogen-bond donors (Lipinski definition) is 1. The highest BCUT2D eigenvalue weighted by atomic mass is 16.5. The number of carbonyl (C=O) groups is 2.